The van der Waals surface area contributed by atoms with Crippen molar-refractivity contribution in [2.45, 2.75) is 33.2 Å². The predicted molar refractivity (Wildman–Crippen MR) is 150 cm³/mol. The summed E-state index contributed by atoms with van der Waals surface area (Å²) in [5, 5.41) is 3.52. The number of aromatic nitrogens is 2. The minimum Gasteiger partial charge on any atom is -0.497 e. The maximum atomic E-state index is 13.9. The van der Waals surface area contributed by atoms with Gasteiger partial charge in [0, 0.05) is 18.3 Å². The molecule has 4 rings (SSSR count). The third-order valence-corrected chi connectivity index (χ3v) is 6.34. The molecule has 0 aliphatic rings. The second-order valence-electron chi connectivity index (χ2n) is 9.46. The summed E-state index contributed by atoms with van der Waals surface area (Å²) in [6.07, 6.45) is 0.555. The smallest absolute Gasteiger partial charge is 0.322 e. The summed E-state index contributed by atoms with van der Waals surface area (Å²) in [6, 6.07) is 21.1. The Kier molecular flexibility index (Phi) is 8.31. The standard InChI is InChI=1S/C30H34N4O4/c1-6-27(33(19-20(2)3)30(36)31-21-10-9-11-24(18-21)38-5)28-32-26-13-8-7-12-25(26)29(35)34(28)22-14-16-23(37-4)17-15-22/h7-18,20,27H,6,19H2,1-5H3,(H,31,36). The van der Waals surface area contributed by atoms with Crippen LogP contribution >= 0.6 is 0 Å². The lowest BCUT2D eigenvalue weighted by Gasteiger charge is -2.33. The summed E-state index contributed by atoms with van der Waals surface area (Å²) in [5.41, 5.74) is 1.68. The van der Waals surface area contributed by atoms with Crippen LogP contribution in [0.2, 0.25) is 0 Å². The van der Waals surface area contributed by atoms with Crippen molar-refractivity contribution in [3.63, 3.8) is 0 Å². The maximum Gasteiger partial charge on any atom is 0.322 e. The number of para-hydroxylation sites is 1. The molecule has 8 nitrogen and oxygen atoms in total. The van der Waals surface area contributed by atoms with Gasteiger partial charge in [0.1, 0.15) is 17.3 Å². The van der Waals surface area contributed by atoms with Gasteiger partial charge < -0.3 is 19.7 Å². The zero-order valence-electron chi connectivity index (χ0n) is 22.5. The number of ether oxygens (including phenoxy) is 2. The average Bonchev–Trinajstić information content (AvgIpc) is 2.93. The highest BCUT2D eigenvalue weighted by atomic mass is 16.5. The van der Waals surface area contributed by atoms with Crippen molar-refractivity contribution < 1.29 is 14.3 Å². The number of amides is 2. The molecule has 0 radical (unpaired) electrons. The first-order chi connectivity index (χ1) is 18.4. The Balaban J connectivity index is 1.86. The Bertz CT molecular complexity index is 1460. The summed E-state index contributed by atoms with van der Waals surface area (Å²) in [6.45, 7) is 6.59. The Morgan fingerprint density at radius 1 is 0.974 bits per heavy atom. The van der Waals surface area contributed by atoms with Gasteiger partial charge in [0.25, 0.3) is 5.56 Å². The number of hydrogen-bond acceptors (Lipinski definition) is 5. The summed E-state index contributed by atoms with van der Waals surface area (Å²) in [5.74, 6) is 2.02. The molecule has 0 bridgehead atoms. The molecular weight excluding hydrogens is 480 g/mol. The highest BCUT2D eigenvalue weighted by molar-refractivity contribution is 5.90. The zero-order valence-corrected chi connectivity index (χ0v) is 22.5. The Morgan fingerprint density at radius 2 is 1.68 bits per heavy atom. The molecule has 0 saturated carbocycles. The Hall–Kier alpha value is -4.33. The molecule has 4 aromatic rings. The van der Waals surface area contributed by atoms with Gasteiger partial charge in [0.15, 0.2) is 0 Å². The summed E-state index contributed by atoms with van der Waals surface area (Å²) in [7, 11) is 3.19. The van der Waals surface area contributed by atoms with Crippen LogP contribution in [-0.2, 0) is 0 Å². The van der Waals surface area contributed by atoms with Crippen molar-refractivity contribution in [1.82, 2.24) is 14.5 Å². The van der Waals surface area contributed by atoms with Gasteiger partial charge in [-0.2, -0.15) is 0 Å². The van der Waals surface area contributed by atoms with E-state index in [2.05, 4.69) is 19.2 Å². The molecule has 198 valence electrons. The van der Waals surface area contributed by atoms with Gasteiger partial charge in [0.2, 0.25) is 0 Å². The number of hydrogen-bond donors (Lipinski definition) is 1. The van der Waals surface area contributed by atoms with Gasteiger partial charge in [-0.25, -0.2) is 9.78 Å². The maximum absolute atomic E-state index is 13.9. The number of benzene rings is 3. The number of anilines is 1. The first kappa shape index (κ1) is 26.7. The zero-order chi connectivity index (χ0) is 27.2. The molecule has 1 atom stereocenters. The Morgan fingerprint density at radius 3 is 2.34 bits per heavy atom. The van der Waals surface area contributed by atoms with Crippen LogP contribution < -0.4 is 20.3 Å². The van der Waals surface area contributed by atoms with E-state index in [-0.39, 0.29) is 17.5 Å². The summed E-state index contributed by atoms with van der Waals surface area (Å²) in [4.78, 5) is 34.3. The van der Waals surface area contributed by atoms with E-state index in [1.54, 1.807) is 35.8 Å². The molecule has 3 aromatic carbocycles. The number of nitrogens with zero attached hydrogens (tertiary/aromatic N) is 3. The molecule has 0 aliphatic carbocycles. The van der Waals surface area contributed by atoms with Crippen LogP contribution in [0.3, 0.4) is 0 Å². The molecular formula is C30H34N4O4. The van der Waals surface area contributed by atoms with E-state index in [0.717, 1.165) is 0 Å². The molecule has 0 fully saturated rings. The fourth-order valence-corrected chi connectivity index (χ4v) is 4.54. The molecule has 0 aliphatic heterocycles. The number of carbonyl (C=O) groups is 1. The van der Waals surface area contributed by atoms with Crippen LogP contribution in [0.1, 0.15) is 39.1 Å². The normalized spacial score (nSPS) is 11.8. The van der Waals surface area contributed by atoms with E-state index in [0.29, 0.717) is 52.6 Å². The van der Waals surface area contributed by atoms with Crippen LogP contribution in [0.25, 0.3) is 16.6 Å². The number of nitrogens with one attached hydrogen (secondary N) is 1. The fraction of sp³-hybridized carbons (Fsp3) is 0.300. The number of methoxy groups -OCH3 is 2. The van der Waals surface area contributed by atoms with Crippen LogP contribution in [-0.4, -0.2) is 41.2 Å². The topological polar surface area (TPSA) is 85.7 Å². The SMILES string of the molecule is CCC(c1nc2ccccc2c(=O)n1-c1ccc(OC)cc1)N(CC(C)C)C(=O)Nc1cccc(OC)c1. The molecule has 1 aromatic heterocycles. The van der Waals surface area contributed by atoms with Crippen molar-refractivity contribution in [3.05, 3.63) is 89.0 Å². The van der Waals surface area contributed by atoms with E-state index in [1.807, 2.05) is 67.6 Å². The van der Waals surface area contributed by atoms with E-state index >= 15 is 0 Å². The van der Waals surface area contributed by atoms with Gasteiger partial charge in [-0.1, -0.05) is 39.0 Å². The Labute approximate surface area is 222 Å². The molecule has 1 heterocycles. The predicted octanol–water partition coefficient (Wildman–Crippen LogP) is 6.04. The van der Waals surface area contributed by atoms with Crippen LogP contribution in [0.5, 0.6) is 11.5 Å². The second-order valence-corrected chi connectivity index (χ2v) is 9.46. The third kappa shape index (κ3) is 5.64. The third-order valence-electron chi connectivity index (χ3n) is 6.34. The first-order valence-electron chi connectivity index (χ1n) is 12.7. The molecule has 8 heteroatoms. The average molecular weight is 515 g/mol. The first-order valence-corrected chi connectivity index (χ1v) is 12.7. The quantitative estimate of drug-likeness (QED) is 0.294. The van der Waals surface area contributed by atoms with Crippen molar-refractivity contribution in [1.29, 1.82) is 0 Å². The highest BCUT2D eigenvalue weighted by Crippen LogP contribution is 2.28. The molecule has 1 N–H and O–H groups in total. The highest BCUT2D eigenvalue weighted by Gasteiger charge is 2.30. The number of fused-ring (bicyclic) bond motifs is 1. The van der Waals surface area contributed by atoms with Crippen molar-refractivity contribution in [2.75, 3.05) is 26.1 Å². The van der Waals surface area contributed by atoms with Crippen molar-refractivity contribution in [3.8, 4) is 17.2 Å². The van der Waals surface area contributed by atoms with E-state index in [4.69, 9.17) is 14.5 Å². The lowest BCUT2D eigenvalue weighted by molar-refractivity contribution is 0.171. The van der Waals surface area contributed by atoms with Crippen LogP contribution in [0, 0.1) is 5.92 Å². The lowest BCUT2D eigenvalue weighted by atomic mass is 10.1. The monoisotopic (exact) mass is 514 g/mol. The molecule has 0 spiro atoms. The molecule has 38 heavy (non-hydrogen) atoms. The van der Waals surface area contributed by atoms with Gasteiger partial charge >= 0.3 is 6.03 Å². The van der Waals surface area contributed by atoms with Crippen LogP contribution in [0.4, 0.5) is 10.5 Å². The van der Waals surface area contributed by atoms with Gasteiger partial charge in [-0.05, 0) is 60.9 Å². The van der Waals surface area contributed by atoms with Gasteiger partial charge in [-0.3, -0.25) is 9.36 Å². The van der Waals surface area contributed by atoms with Gasteiger partial charge in [-0.15, -0.1) is 0 Å². The molecule has 1 unspecified atom stereocenters. The number of carbonyl (C=O) groups excluding carboxylic acids is 1. The van der Waals surface area contributed by atoms with Crippen molar-refractivity contribution in [2.24, 2.45) is 5.92 Å². The van der Waals surface area contributed by atoms with E-state index in [9.17, 15) is 9.59 Å². The van der Waals surface area contributed by atoms with Gasteiger partial charge in [0.05, 0.1) is 36.9 Å². The minimum absolute atomic E-state index is 0.182. The minimum atomic E-state index is -0.470. The number of rotatable bonds is 9. The van der Waals surface area contributed by atoms with E-state index in [1.165, 1.54) is 0 Å². The summed E-state index contributed by atoms with van der Waals surface area (Å²) >= 11 is 0. The molecule has 0 saturated heterocycles. The number of urea groups is 1. The lowest BCUT2D eigenvalue weighted by Crippen LogP contribution is -2.42. The summed E-state index contributed by atoms with van der Waals surface area (Å²) < 4.78 is 12.2. The second kappa shape index (κ2) is 11.8. The largest absolute Gasteiger partial charge is 0.497 e. The molecule has 2 amide bonds. The van der Waals surface area contributed by atoms with E-state index < -0.39 is 6.04 Å². The fourth-order valence-electron chi connectivity index (χ4n) is 4.54. The van der Waals surface area contributed by atoms with Crippen LogP contribution in [0.15, 0.2) is 77.6 Å². The van der Waals surface area contributed by atoms with Crippen molar-refractivity contribution >= 4 is 22.6 Å².